The second-order valence-corrected chi connectivity index (χ2v) is 7.86. The molecule has 0 fully saturated rings. The summed E-state index contributed by atoms with van der Waals surface area (Å²) in [6.07, 6.45) is 9.07. The van der Waals surface area contributed by atoms with Gasteiger partial charge in [-0.05, 0) is 67.1 Å². The van der Waals surface area contributed by atoms with Crippen LogP contribution in [0.3, 0.4) is 0 Å². The molecule has 4 heteroatoms. The van der Waals surface area contributed by atoms with E-state index in [4.69, 9.17) is 0 Å². The van der Waals surface area contributed by atoms with E-state index < -0.39 is 0 Å². The van der Waals surface area contributed by atoms with Gasteiger partial charge < -0.3 is 10.3 Å². The fraction of sp³-hybridized carbons (Fsp3) is 0.320. The fourth-order valence-electron chi connectivity index (χ4n) is 4.15. The predicted molar refractivity (Wildman–Crippen MR) is 121 cm³/mol. The Hall–Kier alpha value is -2.85. The van der Waals surface area contributed by atoms with Gasteiger partial charge in [-0.25, -0.2) is 0 Å². The molecule has 4 nitrogen and oxygen atoms in total. The molecule has 1 aliphatic heterocycles. The van der Waals surface area contributed by atoms with Crippen LogP contribution >= 0.6 is 0 Å². The molecule has 1 aliphatic rings. The van der Waals surface area contributed by atoms with Crippen LogP contribution in [0.5, 0.6) is 0 Å². The Bertz CT molecular complexity index is 1000. The summed E-state index contributed by atoms with van der Waals surface area (Å²) in [5.74, 6) is -0.0348. The van der Waals surface area contributed by atoms with Crippen LogP contribution in [0.2, 0.25) is 0 Å². The first-order chi connectivity index (χ1) is 14.2. The molecule has 0 unspecified atom stereocenters. The lowest BCUT2D eigenvalue weighted by atomic mass is 9.99. The third kappa shape index (κ3) is 4.96. The quantitative estimate of drug-likeness (QED) is 0.545. The van der Waals surface area contributed by atoms with E-state index in [0.29, 0.717) is 0 Å². The number of hydrogen-bond donors (Lipinski definition) is 2. The number of aromatic nitrogens is 1. The van der Waals surface area contributed by atoms with Crippen molar-refractivity contribution in [1.29, 1.82) is 0 Å². The number of aryl methyl sites for hydroxylation is 1. The first-order valence-corrected chi connectivity index (χ1v) is 10.5. The zero-order valence-electron chi connectivity index (χ0n) is 17.1. The van der Waals surface area contributed by atoms with E-state index in [1.54, 1.807) is 6.92 Å². The minimum Gasteiger partial charge on any atom is -0.361 e. The number of fused-ring (bicyclic) bond motifs is 1. The first-order valence-electron chi connectivity index (χ1n) is 10.5. The smallest absolute Gasteiger partial charge is 0.221 e. The Labute approximate surface area is 172 Å². The normalized spacial score (nSPS) is 14.7. The number of rotatable bonds is 7. The number of anilines is 1. The number of unbranched alkanes of at least 4 members (excludes halogenated alkanes) is 1. The van der Waals surface area contributed by atoms with Crippen molar-refractivity contribution in [2.24, 2.45) is 0 Å². The summed E-state index contributed by atoms with van der Waals surface area (Å²) in [5.41, 5.74) is 6.17. The van der Waals surface area contributed by atoms with Gasteiger partial charge in [-0.3, -0.25) is 9.69 Å². The number of aromatic amines is 1. The van der Waals surface area contributed by atoms with E-state index in [9.17, 15) is 4.79 Å². The van der Waals surface area contributed by atoms with Gasteiger partial charge in [-0.15, -0.1) is 0 Å². The summed E-state index contributed by atoms with van der Waals surface area (Å²) in [4.78, 5) is 17.2. The molecule has 2 aromatic carbocycles. The molecule has 0 saturated heterocycles. The maximum Gasteiger partial charge on any atom is 0.221 e. The Morgan fingerprint density at radius 3 is 2.76 bits per heavy atom. The highest BCUT2D eigenvalue weighted by Crippen LogP contribution is 2.25. The Balaban J connectivity index is 1.27. The molecule has 4 rings (SSSR count). The molecule has 0 aliphatic carbocycles. The Kier molecular flexibility index (Phi) is 6.11. The van der Waals surface area contributed by atoms with E-state index in [1.807, 2.05) is 12.1 Å². The van der Waals surface area contributed by atoms with Gasteiger partial charge in [-0.2, -0.15) is 0 Å². The van der Waals surface area contributed by atoms with Gasteiger partial charge in [0.1, 0.15) is 0 Å². The summed E-state index contributed by atoms with van der Waals surface area (Å²) in [6.45, 7) is 4.89. The minimum atomic E-state index is -0.0348. The third-order valence-corrected chi connectivity index (χ3v) is 5.70. The predicted octanol–water partition coefficient (Wildman–Crippen LogP) is 5.24. The zero-order chi connectivity index (χ0) is 20.1. The number of nitrogens with zero attached hydrogens (tertiary/aromatic N) is 1. The van der Waals surface area contributed by atoms with Crippen LogP contribution in [-0.2, 0) is 11.2 Å². The van der Waals surface area contributed by atoms with Gasteiger partial charge in [0.25, 0.3) is 0 Å². The zero-order valence-corrected chi connectivity index (χ0v) is 17.1. The van der Waals surface area contributed by atoms with Gasteiger partial charge in [-0.1, -0.05) is 36.4 Å². The summed E-state index contributed by atoms with van der Waals surface area (Å²) in [6, 6.07) is 16.8. The van der Waals surface area contributed by atoms with E-state index in [-0.39, 0.29) is 5.91 Å². The Morgan fingerprint density at radius 1 is 1.14 bits per heavy atom. The number of hydrogen-bond acceptors (Lipinski definition) is 2. The number of amides is 1. The highest BCUT2D eigenvalue weighted by atomic mass is 16.1. The molecule has 0 saturated carbocycles. The van der Waals surface area contributed by atoms with Gasteiger partial charge in [0, 0.05) is 42.8 Å². The molecule has 2 heterocycles. The van der Waals surface area contributed by atoms with Crippen LogP contribution in [0.25, 0.3) is 16.5 Å². The number of carbonyl (C=O) groups is 1. The second-order valence-electron chi connectivity index (χ2n) is 7.86. The summed E-state index contributed by atoms with van der Waals surface area (Å²) < 4.78 is 0. The fourth-order valence-corrected chi connectivity index (χ4v) is 4.15. The average Bonchev–Trinajstić information content (AvgIpc) is 3.14. The number of H-pyrrole nitrogens is 1. The van der Waals surface area contributed by atoms with Crippen molar-refractivity contribution >= 4 is 28.1 Å². The van der Waals surface area contributed by atoms with Crippen molar-refractivity contribution in [1.82, 2.24) is 9.88 Å². The summed E-state index contributed by atoms with van der Waals surface area (Å²) >= 11 is 0. The van der Waals surface area contributed by atoms with Crippen molar-refractivity contribution < 1.29 is 4.79 Å². The monoisotopic (exact) mass is 387 g/mol. The molecular weight excluding hydrogens is 358 g/mol. The molecule has 0 spiro atoms. The highest BCUT2D eigenvalue weighted by Gasteiger charge is 2.12. The molecule has 0 radical (unpaired) electrons. The topological polar surface area (TPSA) is 48.1 Å². The third-order valence-electron chi connectivity index (χ3n) is 5.70. The first kappa shape index (κ1) is 19.5. The lowest BCUT2D eigenvalue weighted by Crippen LogP contribution is -2.29. The van der Waals surface area contributed by atoms with Gasteiger partial charge in [0.2, 0.25) is 5.91 Å². The van der Waals surface area contributed by atoms with E-state index in [2.05, 4.69) is 63.9 Å². The minimum absolute atomic E-state index is 0.0348. The molecular formula is C25H29N3O. The van der Waals surface area contributed by atoms with Crippen LogP contribution in [0.15, 0.2) is 60.8 Å². The van der Waals surface area contributed by atoms with Crippen LogP contribution in [-0.4, -0.2) is 35.4 Å². The Morgan fingerprint density at radius 2 is 2.00 bits per heavy atom. The molecule has 2 N–H and O–H groups in total. The maximum atomic E-state index is 11.3. The lowest BCUT2D eigenvalue weighted by molar-refractivity contribution is -0.114. The molecule has 0 atom stereocenters. The maximum absolute atomic E-state index is 11.3. The molecule has 1 aromatic heterocycles. The average molecular weight is 388 g/mol. The van der Waals surface area contributed by atoms with Gasteiger partial charge in [0.15, 0.2) is 0 Å². The SMILES string of the molecule is CC(=O)Nc1ccc2[nH]cc(CCCCN3CC=C(c4ccccc4)CC3)c2c1. The molecule has 29 heavy (non-hydrogen) atoms. The standard InChI is InChI=1S/C25H29N3O/c1-19(29)27-23-10-11-25-24(17-23)22(18-26-25)9-5-6-14-28-15-12-21(13-16-28)20-7-3-2-4-8-20/h2-4,7-8,10-12,17-18,26H,5-6,9,13-16H2,1H3,(H,27,29). The number of carbonyl (C=O) groups excluding carboxylic acids is 1. The van der Waals surface area contributed by atoms with E-state index in [1.165, 1.54) is 34.9 Å². The van der Waals surface area contributed by atoms with Crippen LogP contribution in [0, 0.1) is 0 Å². The van der Waals surface area contributed by atoms with E-state index in [0.717, 1.165) is 43.7 Å². The highest BCUT2D eigenvalue weighted by molar-refractivity contribution is 5.93. The van der Waals surface area contributed by atoms with Crippen molar-refractivity contribution in [2.75, 3.05) is 25.0 Å². The lowest BCUT2D eigenvalue weighted by Gasteiger charge is -2.26. The van der Waals surface area contributed by atoms with Crippen LogP contribution in [0.1, 0.15) is 37.3 Å². The summed E-state index contributed by atoms with van der Waals surface area (Å²) in [5, 5.41) is 4.09. The van der Waals surface area contributed by atoms with Crippen molar-refractivity contribution in [3.63, 3.8) is 0 Å². The number of nitrogens with one attached hydrogen (secondary N) is 2. The summed E-state index contributed by atoms with van der Waals surface area (Å²) in [7, 11) is 0. The molecule has 3 aromatic rings. The molecule has 150 valence electrons. The van der Waals surface area contributed by atoms with Crippen molar-refractivity contribution in [2.45, 2.75) is 32.6 Å². The molecule has 0 bridgehead atoms. The molecule has 1 amide bonds. The number of benzene rings is 2. The second kappa shape index (κ2) is 9.10. The van der Waals surface area contributed by atoms with E-state index >= 15 is 0 Å². The van der Waals surface area contributed by atoms with Crippen molar-refractivity contribution in [3.8, 4) is 0 Å². The van der Waals surface area contributed by atoms with Gasteiger partial charge in [0.05, 0.1) is 0 Å². The van der Waals surface area contributed by atoms with Crippen LogP contribution in [0.4, 0.5) is 5.69 Å². The largest absolute Gasteiger partial charge is 0.361 e. The van der Waals surface area contributed by atoms with Crippen LogP contribution < -0.4 is 5.32 Å². The van der Waals surface area contributed by atoms with Crippen molar-refractivity contribution in [3.05, 3.63) is 71.9 Å². The van der Waals surface area contributed by atoms with Gasteiger partial charge >= 0.3 is 0 Å².